The molecule has 2 unspecified atom stereocenters. The number of hydrogen-bond donors (Lipinski definition) is 1. The predicted octanol–water partition coefficient (Wildman–Crippen LogP) is 2.32. The summed E-state index contributed by atoms with van der Waals surface area (Å²) in [6.07, 6.45) is 6.31. The lowest BCUT2D eigenvalue weighted by molar-refractivity contribution is 0.115. The molecule has 0 saturated heterocycles. The molecular weight excluding hydrogens is 216 g/mol. The van der Waals surface area contributed by atoms with Gasteiger partial charge >= 0.3 is 0 Å². The summed E-state index contributed by atoms with van der Waals surface area (Å²) >= 11 is 0. The van der Waals surface area contributed by atoms with Crippen molar-refractivity contribution in [2.24, 2.45) is 5.92 Å². The van der Waals surface area contributed by atoms with Gasteiger partial charge in [-0.05, 0) is 31.2 Å². The maximum Gasteiger partial charge on any atom is 0.233 e. The first-order valence-electron chi connectivity index (χ1n) is 6.42. The molecule has 2 rings (SSSR count). The van der Waals surface area contributed by atoms with Crippen LogP contribution in [0.15, 0.2) is 12.1 Å². The highest BCUT2D eigenvalue weighted by molar-refractivity contribution is 5.11. The van der Waals surface area contributed by atoms with Gasteiger partial charge in [0.1, 0.15) is 6.10 Å². The fourth-order valence-electron chi connectivity index (χ4n) is 2.39. The highest BCUT2D eigenvalue weighted by Gasteiger charge is 2.22. The van der Waals surface area contributed by atoms with E-state index in [4.69, 9.17) is 9.84 Å². The molecule has 2 atom stereocenters. The Labute approximate surface area is 102 Å². The molecule has 1 heterocycles. The number of nitrogens with zero attached hydrogens (tertiary/aromatic N) is 2. The molecule has 0 radical (unpaired) electrons. The summed E-state index contributed by atoms with van der Waals surface area (Å²) in [7, 11) is 0. The summed E-state index contributed by atoms with van der Waals surface area (Å²) in [5, 5.41) is 16.7. The Hall–Kier alpha value is -1.16. The molecule has 1 fully saturated rings. The molecule has 0 bridgehead atoms. The maximum absolute atomic E-state index is 8.87. The molecule has 1 aliphatic rings. The lowest BCUT2D eigenvalue weighted by Gasteiger charge is -2.28. The first kappa shape index (κ1) is 12.3. The van der Waals surface area contributed by atoms with E-state index in [-0.39, 0.29) is 12.7 Å². The van der Waals surface area contributed by atoms with Crippen LogP contribution in [0.2, 0.25) is 0 Å². The first-order chi connectivity index (χ1) is 8.31. The molecule has 0 amide bonds. The number of aromatic nitrogens is 2. The third kappa shape index (κ3) is 3.40. The van der Waals surface area contributed by atoms with Crippen molar-refractivity contribution < 1.29 is 9.84 Å². The monoisotopic (exact) mass is 236 g/mol. The molecule has 4 nitrogen and oxygen atoms in total. The van der Waals surface area contributed by atoms with E-state index in [1.807, 2.05) is 0 Å². The summed E-state index contributed by atoms with van der Waals surface area (Å²) in [6, 6.07) is 3.54. The van der Waals surface area contributed by atoms with Gasteiger partial charge in [-0.2, -0.15) is 0 Å². The van der Waals surface area contributed by atoms with Crippen LogP contribution < -0.4 is 4.74 Å². The quantitative estimate of drug-likeness (QED) is 0.871. The Bertz CT molecular complexity index is 340. The zero-order valence-electron chi connectivity index (χ0n) is 10.3. The molecule has 1 saturated carbocycles. The smallest absolute Gasteiger partial charge is 0.233 e. The van der Waals surface area contributed by atoms with Crippen molar-refractivity contribution in [3.05, 3.63) is 17.8 Å². The standard InChI is InChI=1S/C13H20N2O2/c1-2-10-4-3-5-12(8-10)17-13-7-6-11(9-16)14-15-13/h6-7,10,12,16H,2-5,8-9H2,1H3. The van der Waals surface area contributed by atoms with E-state index < -0.39 is 0 Å². The fourth-order valence-corrected chi connectivity index (χ4v) is 2.39. The highest BCUT2D eigenvalue weighted by Crippen LogP contribution is 2.28. The maximum atomic E-state index is 8.87. The molecule has 94 valence electrons. The first-order valence-corrected chi connectivity index (χ1v) is 6.42. The van der Waals surface area contributed by atoms with Gasteiger partial charge in [0.2, 0.25) is 5.88 Å². The molecule has 1 aromatic heterocycles. The highest BCUT2D eigenvalue weighted by atomic mass is 16.5. The average molecular weight is 236 g/mol. The van der Waals surface area contributed by atoms with Gasteiger partial charge in [0, 0.05) is 6.07 Å². The largest absolute Gasteiger partial charge is 0.473 e. The molecule has 0 aromatic carbocycles. The predicted molar refractivity (Wildman–Crippen MR) is 64.6 cm³/mol. The van der Waals surface area contributed by atoms with Crippen LogP contribution in [0.1, 0.15) is 44.7 Å². The topological polar surface area (TPSA) is 55.2 Å². The van der Waals surface area contributed by atoms with Crippen LogP contribution in [-0.2, 0) is 6.61 Å². The third-order valence-corrected chi connectivity index (χ3v) is 3.46. The number of aliphatic hydroxyl groups is 1. The van der Waals surface area contributed by atoms with Crippen LogP contribution >= 0.6 is 0 Å². The van der Waals surface area contributed by atoms with Crippen LogP contribution in [0.3, 0.4) is 0 Å². The van der Waals surface area contributed by atoms with Gasteiger partial charge < -0.3 is 9.84 Å². The van der Waals surface area contributed by atoms with Gasteiger partial charge in [0.05, 0.1) is 12.3 Å². The van der Waals surface area contributed by atoms with Gasteiger partial charge in [-0.1, -0.05) is 19.8 Å². The number of aliphatic hydroxyl groups excluding tert-OH is 1. The summed E-state index contributed by atoms with van der Waals surface area (Å²) in [5.74, 6) is 1.36. The van der Waals surface area contributed by atoms with Gasteiger partial charge in [-0.15, -0.1) is 10.2 Å². The van der Waals surface area contributed by atoms with Crippen molar-refractivity contribution in [2.45, 2.75) is 51.7 Å². The Balaban J connectivity index is 1.90. The van der Waals surface area contributed by atoms with Crippen molar-refractivity contribution in [3.63, 3.8) is 0 Å². The van der Waals surface area contributed by atoms with E-state index in [9.17, 15) is 0 Å². The van der Waals surface area contributed by atoms with Crippen molar-refractivity contribution in [2.75, 3.05) is 0 Å². The van der Waals surface area contributed by atoms with Gasteiger partial charge in [-0.3, -0.25) is 0 Å². The number of ether oxygens (including phenoxy) is 1. The zero-order chi connectivity index (χ0) is 12.1. The van der Waals surface area contributed by atoms with Crippen LogP contribution in [0.4, 0.5) is 0 Å². The molecule has 0 spiro atoms. The van der Waals surface area contributed by atoms with Crippen LogP contribution in [0.5, 0.6) is 5.88 Å². The third-order valence-electron chi connectivity index (χ3n) is 3.46. The second-order valence-electron chi connectivity index (χ2n) is 4.70. The van der Waals surface area contributed by atoms with Crippen molar-refractivity contribution in [1.29, 1.82) is 0 Å². The molecule has 1 N–H and O–H groups in total. The minimum Gasteiger partial charge on any atom is -0.473 e. The Morgan fingerprint density at radius 2 is 2.24 bits per heavy atom. The van der Waals surface area contributed by atoms with E-state index in [0.717, 1.165) is 18.8 Å². The SMILES string of the molecule is CCC1CCCC(Oc2ccc(CO)nn2)C1. The van der Waals surface area contributed by atoms with E-state index in [0.29, 0.717) is 11.6 Å². The lowest BCUT2D eigenvalue weighted by atomic mass is 9.85. The Morgan fingerprint density at radius 3 is 2.88 bits per heavy atom. The minimum absolute atomic E-state index is 0.0748. The second kappa shape index (κ2) is 5.96. The Kier molecular flexibility index (Phi) is 4.31. The minimum atomic E-state index is -0.0748. The normalized spacial score (nSPS) is 24.6. The van der Waals surface area contributed by atoms with E-state index in [1.165, 1.54) is 19.3 Å². The van der Waals surface area contributed by atoms with Crippen LogP contribution in [-0.4, -0.2) is 21.4 Å². The van der Waals surface area contributed by atoms with E-state index in [1.54, 1.807) is 12.1 Å². The summed E-state index contributed by atoms with van der Waals surface area (Å²) < 4.78 is 5.83. The summed E-state index contributed by atoms with van der Waals surface area (Å²) in [4.78, 5) is 0. The molecular formula is C13H20N2O2. The lowest BCUT2D eigenvalue weighted by Crippen LogP contribution is -2.25. The molecule has 0 aliphatic heterocycles. The van der Waals surface area contributed by atoms with Crippen molar-refractivity contribution in [3.8, 4) is 5.88 Å². The van der Waals surface area contributed by atoms with Crippen LogP contribution in [0.25, 0.3) is 0 Å². The molecule has 4 heteroatoms. The van der Waals surface area contributed by atoms with Crippen molar-refractivity contribution >= 4 is 0 Å². The van der Waals surface area contributed by atoms with Gasteiger partial charge in [0.15, 0.2) is 0 Å². The van der Waals surface area contributed by atoms with Crippen LogP contribution in [0, 0.1) is 5.92 Å². The summed E-state index contributed by atoms with van der Waals surface area (Å²) in [6.45, 7) is 2.16. The number of rotatable bonds is 4. The molecule has 1 aliphatic carbocycles. The molecule has 17 heavy (non-hydrogen) atoms. The van der Waals surface area contributed by atoms with Crippen molar-refractivity contribution in [1.82, 2.24) is 10.2 Å². The van der Waals surface area contributed by atoms with Gasteiger partial charge in [-0.25, -0.2) is 0 Å². The molecule has 1 aromatic rings. The fraction of sp³-hybridized carbons (Fsp3) is 0.692. The average Bonchev–Trinajstić information content (AvgIpc) is 2.40. The summed E-state index contributed by atoms with van der Waals surface area (Å²) in [5.41, 5.74) is 0.576. The number of hydrogen-bond acceptors (Lipinski definition) is 4. The van der Waals surface area contributed by atoms with Gasteiger partial charge in [0.25, 0.3) is 0 Å². The van der Waals surface area contributed by atoms with E-state index in [2.05, 4.69) is 17.1 Å². The van der Waals surface area contributed by atoms with E-state index >= 15 is 0 Å². The zero-order valence-corrected chi connectivity index (χ0v) is 10.3. The second-order valence-corrected chi connectivity index (χ2v) is 4.70. The Morgan fingerprint density at radius 1 is 1.35 bits per heavy atom.